The Labute approximate surface area is 112 Å². The van der Waals surface area contributed by atoms with Crippen molar-refractivity contribution in [1.82, 2.24) is 4.98 Å². The monoisotopic (exact) mass is 256 g/mol. The van der Waals surface area contributed by atoms with Crippen LogP contribution in [0.5, 0.6) is 0 Å². The van der Waals surface area contributed by atoms with Crippen molar-refractivity contribution in [2.75, 3.05) is 0 Å². The fraction of sp³-hybridized carbons (Fsp3) is 0.467. The molecule has 0 spiro atoms. The van der Waals surface area contributed by atoms with Gasteiger partial charge in [-0.15, -0.1) is 0 Å². The van der Waals surface area contributed by atoms with E-state index in [-0.39, 0.29) is 0 Å². The number of aromatic amines is 1. The van der Waals surface area contributed by atoms with Crippen LogP contribution in [-0.4, -0.2) is 4.98 Å². The minimum Gasteiger partial charge on any atom is -0.349 e. The Morgan fingerprint density at radius 1 is 1.33 bits per heavy atom. The molecule has 2 aliphatic carbocycles. The summed E-state index contributed by atoms with van der Waals surface area (Å²) >= 11 is 5.35. The number of nitrogens with zero attached hydrogens (tertiary/aromatic N) is 1. The van der Waals surface area contributed by atoms with E-state index in [1.807, 2.05) is 0 Å². The second kappa shape index (κ2) is 4.70. The van der Waals surface area contributed by atoms with Crippen LogP contribution in [0.25, 0.3) is 0 Å². The van der Waals surface area contributed by atoms with Gasteiger partial charge >= 0.3 is 0 Å². The molecule has 1 N–H and O–H groups in total. The van der Waals surface area contributed by atoms with Gasteiger partial charge < -0.3 is 4.98 Å². The van der Waals surface area contributed by atoms with Gasteiger partial charge in [0, 0.05) is 5.69 Å². The largest absolute Gasteiger partial charge is 0.349 e. The lowest BCUT2D eigenvalue weighted by Gasteiger charge is -2.22. The lowest BCUT2D eigenvalue weighted by Crippen LogP contribution is -2.09. The summed E-state index contributed by atoms with van der Waals surface area (Å²) in [5, 5.41) is 9.41. The van der Waals surface area contributed by atoms with E-state index in [4.69, 9.17) is 12.2 Å². The molecule has 1 aromatic rings. The van der Waals surface area contributed by atoms with Crippen LogP contribution >= 0.6 is 12.2 Å². The Hall–Kier alpha value is -1.40. The highest BCUT2D eigenvalue weighted by Gasteiger charge is 2.25. The molecular weight excluding hydrogens is 240 g/mol. The lowest BCUT2D eigenvalue weighted by atomic mass is 9.83. The SMILES string of the molecule is N#Cc1c([C@H]2CC=CCC2)c2c([nH]c1=S)CCC2. The summed E-state index contributed by atoms with van der Waals surface area (Å²) in [6, 6.07) is 2.33. The fourth-order valence-electron chi connectivity index (χ4n) is 3.27. The number of rotatable bonds is 1. The average molecular weight is 256 g/mol. The summed E-state index contributed by atoms with van der Waals surface area (Å²) in [7, 11) is 0. The highest BCUT2D eigenvalue weighted by molar-refractivity contribution is 7.71. The zero-order valence-corrected chi connectivity index (χ0v) is 11.1. The molecule has 0 aliphatic heterocycles. The normalized spacial score (nSPS) is 21.6. The standard InChI is InChI=1S/C15H16N2S/c16-9-12-14(10-5-2-1-3-6-10)11-7-4-8-13(11)17-15(12)18/h1-2,10H,3-8H2,(H,17,18)/t10-/m0/s1. The zero-order chi connectivity index (χ0) is 12.5. The topological polar surface area (TPSA) is 39.6 Å². The number of nitriles is 1. The first-order valence-corrected chi connectivity index (χ1v) is 7.05. The number of pyridine rings is 1. The van der Waals surface area contributed by atoms with E-state index in [2.05, 4.69) is 23.2 Å². The Morgan fingerprint density at radius 2 is 2.22 bits per heavy atom. The van der Waals surface area contributed by atoms with Crippen LogP contribution < -0.4 is 0 Å². The van der Waals surface area contributed by atoms with Crippen molar-refractivity contribution in [2.45, 2.75) is 44.4 Å². The van der Waals surface area contributed by atoms with E-state index in [9.17, 15) is 5.26 Å². The summed E-state index contributed by atoms with van der Waals surface area (Å²) in [5.41, 5.74) is 4.66. The van der Waals surface area contributed by atoms with Crippen molar-refractivity contribution >= 4 is 12.2 Å². The Morgan fingerprint density at radius 3 is 2.94 bits per heavy atom. The molecule has 92 valence electrons. The molecule has 2 nitrogen and oxygen atoms in total. The van der Waals surface area contributed by atoms with Crippen molar-refractivity contribution < 1.29 is 0 Å². The molecule has 0 fully saturated rings. The molecule has 1 aromatic heterocycles. The zero-order valence-electron chi connectivity index (χ0n) is 10.3. The van der Waals surface area contributed by atoms with E-state index in [0.717, 1.165) is 37.7 Å². The molecule has 0 saturated carbocycles. The Kier molecular flexibility index (Phi) is 3.05. The number of hydrogen-bond acceptors (Lipinski definition) is 2. The van der Waals surface area contributed by atoms with Crippen molar-refractivity contribution in [1.29, 1.82) is 5.26 Å². The second-order valence-corrected chi connectivity index (χ2v) is 5.55. The highest BCUT2D eigenvalue weighted by atomic mass is 32.1. The molecule has 0 bridgehead atoms. The van der Waals surface area contributed by atoms with Crippen molar-refractivity contribution in [3.8, 4) is 6.07 Å². The first kappa shape index (κ1) is 11.7. The van der Waals surface area contributed by atoms with Gasteiger partial charge in [0.25, 0.3) is 0 Å². The predicted octanol–water partition coefficient (Wildman–Crippen LogP) is 3.93. The van der Waals surface area contributed by atoms with Crippen LogP contribution in [-0.2, 0) is 12.8 Å². The minimum absolute atomic E-state index is 0.493. The minimum atomic E-state index is 0.493. The first-order valence-electron chi connectivity index (χ1n) is 6.64. The van der Waals surface area contributed by atoms with Crippen molar-refractivity contribution in [3.63, 3.8) is 0 Å². The Bertz CT molecular complexity index is 604. The van der Waals surface area contributed by atoms with Crippen molar-refractivity contribution in [2.24, 2.45) is 0 Å². The number of hydrogen-bond donors (Lipinski definition) is 1. The van der Waals surface area contributed by atoms with Gasteiger partial charge in [0.2, 0.25) is 0 Å². The smallest absolute Gasteiger partial charge is 0.121 e. The van der Waals surface area contributed by atoms with Gasteiger partial charge in [0.1, 0.15) is 10.7 Å². The molecule has 0 saturated heterocycles. The maximum absolute atomic E-state index is 9.41. The molecule has 2 aliphatic rings. The maximum Gasteiger partial charge on any atom is 0.121 e. The van der Waals surface area contributed by atoms with Crippen LogP contribution in [0.4, 0.5) is 0 Å². The van der Waals surface area contributed by atoms with Gasteiger partial charge in [-0.1, -0.05) is 24.4 Å². The van der Waals surface area contributed by atoms with E-state index < -0.39 is 0 Å². The first-order chi connectivity index (χ1) is 8.81. The average Bonchev–Trinajstić information content (AvgIpc) is 2.85. The molecule has 3 heteroatoms. The van der Waals surface area contributed by atoms with Gasteiger partial charge in [0.05, 0.1) is 5.56 Å². The summed E-state index contributed by atoms with van der Waals surface area (Å²) in [6.07, 6.45) is 11.2. The number of aromatic nitrogens is 1. The molecule has 1 heterocycles. The third-order valence-electron chi connectivity index (χ3n) is 4.09. The molecule has 1 atom stereocenters. The quantitative estimate of drug-likeness (QED) is 0.611. The van der Waals surface area contributed by atoms with E-state index in [0.29, 0.717) is 10.6 Å². The third-order valence-corrected chi connectivity index (χ3v) is 4.40. The molecule has 18 heavy (non-hydrogen) atoms. The van der Waals surface area contributed by atoms with Crippen LogP contribution in [0.2, 0.25) is 0 Å². The highest BCUT2D eigenvalue weighted by Crippen LogP contribution is 2.37. The van der Waals surface area contributed by atoms with Crippen LogP contribution in [0.3, 0.4) is 0 Å². The fourth-order valence-corrected chi connectivity index (χ4v) is 3.55. The Balaban J connectivity index is 2.20. The van der Waals surface area contributed by atoms with Crippen LogP contribution in [0, 0.1) is 16.0 Å². The van der Waals surface area contributed by atoms with Gasteiger partial charge in [-0.3, -0.25) is 0 Å². The van der Waals surface area contributed by atoms with Crippen molar-refractivity contribution in [3.05, 3.63) is 39.2 Å². The summed E-state index contributed by atoms with van der Waals surface area (Å²) in [5.74, 6) is 0.493. The second-order valence-electron chi connectivity index (χ2n) is 5.15. The number of fused-ring (bicyclic) bond motifs is 1. The van der Waals surface area contributed by atoms with E-state index >= 15 is 0 Å². The number of allylic oxidation sites excluding steroid dienone is 2. The van der Waals surface area contributed by atoms with Gasteiger partial charge in [-0.25, -0.2) is 0 Å². The number of H-pyrrole nitrogens is 1. The van der Waals surface area contributed by atoms with Gasteiger partial charge in [0.15, 0.2) is 0 Å². The number of aryl methyl sites for hydroxylation is 1. The lowest BCUT2D eigenvalue weighted by molar-refractivity contribution is 0.609. The summed E-state index contributed by atoms with van der Waals surface area (Å²) in [4.78, 5) is 3.26. The van der Waals surface area contributed by atoms with Crippen LogP contribution in [0.15, 0.2) is 12.2 Å². The number of nitrogens with one attached hydrogen (secondary N) is 1. The predicted molar refractivity (Wildman–Crippen MR) is 74.1 cm³/mol. The molecule has 0 aromatic carbocycles. The summed E-state index contributed by atoms with van der Waals surface area (Å²) in [6.45, 7) is 0. The van der Waals surface area contributed by atoms with E-state index in [1.165, 1.54) is 23.2 Å². The molecule has 0 radical (unpaired) electrons. The molecular formula is C15H16N2S. The van der Waals surface area contributed by atoms with Crippen LogP contribution in [0.1, 0.15) is 54.0 Å². The maximum atomic E-state index is 9.41. The third kappa shape index (κ3) is 1.81. The molecule has 3 rings (SSSR count). The molecule has 0 unspecified atom stereocenters. The summed E-state index contributed by atoms with van der Waals surface area (Å²) < 4.78 is 0.641. The van der Waals surface area contributed by atoms with E-state index in [1.54, 1.807) is 0 Å². The molecule has 0 amide bonds. The van der Waals surface area contributed by atoms with Gasteiger partial charge in [-0.2, -0.15) is 5.26 Å². The van der Waals surface area contributed by atoms with Gasteiger partial charge in [-0.05, 0) is 55.6 Å².